The molecule has 110 valence electrons. The van der Waals surface area contributed by atoms with Crippen LogP contribution in [0.4, 0.5) is 11.4 Å². The Morgan fingerprint density at radius 1 is 1.24 bits per heavy atom. The number of hydrogen-bond donors (Lipinski definition) is 2. The van der Waals surface area contributed by atoms with Gasteiger partial charge in [0.1, 0.15) is 11.5 Å². The van der Waals surface area contributed by atoms with Crippen molar-refractivity contribution in [2.75, 3.05) is 10.6 Å². The third-order valence-electron chi connectivity index (χ3n) is 3.65. The molecule has 3 rings (SSSR count). The second-order valence-corrected chi connectivity index (χ2v) is 5.66. The summed E-state index contributed by atoms with van der Waals surface area (Å²) in [5, 5.41) is 6.34. The first-order valence-corrected chi connectivity index (χ1v) is 7.35. The van der Waals surface area contributed by atoms with E-state index in [1.165, 1.54) is 0 Å². The second-order valence-electron chi connectivity index (χ2n) is 5.66. The Labute approximate surface area is 124 Å². The topological polar surface area (TPSA) is 54.3 Å². The van der Waals surface area contributed by atoms with E-state index in [9.17, 15) is 4.79 Å². The molecule has 0 aliphatic heterocycles. The van der Waals surface area contributed by atoms with Crippen molar-refractivity contribution in [3.63, 3.8) is 0 Å². The van der Waals surface area contributed by atoms with Crippen LogP contribution in [0, 0.1) is 12.8 Å². The number of rotatable bonds is 5. The Kier molecular flexibility index (Phi) is 3.69. The van der Waals surface area contributed by atoms with Gasteiger partial charge in [0.2, 0.25) is 5.91 Å². The first-order chi connectivity index (χ1) is 10.1. The standard InChI is InChI=1S/C17H20N2O2/c1-11-6-9-16(21-11)12(2)18-14-4-3-5-15(10-14)19-17(20)13-7-8-13/h3-6,9-10,12-13,18H,7-8H2,1-2H3,(H,19,20). The summed E-state index contributed by atoms with van der Waals surface area (Å²) < 4.78 is 5.62. The van der Waals surface area contributed by atoms with Gasteiger partial charge in [0.05, 0.1) is 6.04 Å². The number of benzene rings is 1. The molecule has 1 aromatic heterocycles. The second kappa shape index (κ2) is 5.64. The summed E-state index contributed by atoms with van der Waals surface area (Å²) in [6.07, 6.45) is 2.03. The van der Waals surface area contributed by atoms with Gasteiger partial charge in [-0.1, -0.05) is 6.07 Å². The van der Waals surface area contributed by atoms with Crippen molar-refractivity contribution in [2.24, 2.45) is 5.92 Å². The number of amides is 1. The number of carbonyl (C=O) groups is 1. The molecule has 0 radical (unpaired) electrons. The molecule has 1 saturated carbocycles. The van der Waals surface area contributed by atoms with Crippen LogP contribution >= 0.6 is 0 Å². The van der Waals surface area contributed by atoms with Gasteiger partial charge in [-0.2, -0.15) is 0 Å². The molecule has 2 N–H and O–H groups in total. The van der Waals surface area contributed by atoms with Gasteiger partial charge in [0.15, 0.2) is 0 Å². The van der Waals surface area contributed by atoms with Crippen LogP contribution in [-0.4, -0.2) is 5.91 Å². The molecule has 1 aliphatic carbocycles. The Balaban J connectivity index is 1.66. The molecular formula is C17H20N2O2. The number of carbonyl (C=O) groups excluding carboxylic acids is 1. The molecule has 1 aromatic carbocycles. The average Bonchev–Trinajstić information content (AvgIpc) is 3.21. The Morgan fingerprint density at radius 3 is 2.67 bits per heavy atom. The van der Waals surface area contributed by atoms with E-state index >= 15 is 0 Å². The van der Waals surface area contributed by atoms with Crippen LogP contribution in [0.3, 0.4) is 0 Å². The zero-order valence-corrected chi connectivity index (χ0v) is 12.3. The molecule has 0 spiro atoms. The van der Waals surface area contributed by atoms with Gasteiger partial charge in [-0.15, -0.1) is 0 Å². The van der Waals surface area contributed by atoms with Gasteiger partial charge < -0.3 is 15.1 Å². The quantitative estimate of drug-likeness (QED) is 0.868. The van der Waals surface area contributed by atoms with E-state index in [1.807, 2.05) is 50.2 Å². The molecule has 21 heavy (non-hydrogen) atoms. The fourth-order valence-corrected chi connectivity index (χ4v) is 2.28. The van der Waals surface area contributed by atoms with Crippen molar-refractivity contribution in [2.45, 2.75) is 32.7 Å². The fraction of sp³-hybridized carbons (Fsp3) is 0.353. The van der Waals surface area contributed by atoms with E-state index in [4.69, 9.17) is 4.42 Å². The van der Waals surface area contributed by atoms with Crippen LogP contribution in [0.15, 0.2) is 40.8 Å². The lowest BCUT2D eigenvalue weighted by molar-refractivity contribution is -0.117. The molecule has 1 unspecified atom stereocenters. The number of furan rings is 1. The first-order valence-electron chi connectivity index (χ1n) is 7.35. The minimum absolute atomic E-state index is 0.0769. The number of hydrogen-bond acceptors (Lipinski definition) is 3. The maximum absolute atomic E-state index is 11.8. The van der Waals surface area contributed by atoms with Crippen LogP contribution < -0.4 is 10.6 Å². The van der Waals surface area contributed by atoms with Gasteiger partial charge in [-0.25, -0.2) is 0 Å². The Bertz CT molecular complexity index is 644. The highest BCUT2D eigenvalue weighted by Gasteiger charge is 2.29. The van der Waals surface area contributed by atoms with E-state index in [0.29, 0.717) is 0 Å². The van der Waals surface area contributed by atoms with E-state index in [2.05, 4.69) is 10.6 Å². The largest absolute Gasteiger partial charge is 0.464 e. The predicted molar refractivity (Wildman–Crippen MR) is 83.3 cm³/mol. The fourth-order valence-electron chi connectivity index (χ4n) is 2.28. The lowest BCUT2D eigenvalue weighted by Crippen LogP contribution is -2.13. The summed E-state index contributed by atoms with van der Waals surface area (Å²) in [5.41, 5.74) is 1.80. The third kappa shape index (κ3) is 3.45. The van der Waals surface area contributed by atoms with Crippen molar-refractivity contribution in [1.82, 2.24) is 0 Å². The molecule has 1 aliphatic rings. The SMILES string of the molecule is Cc1ccc(C(C)Nc2cccc(NC(=O)C3CC3)c2)o1. The van der Waals surface area contributed by atoms with Crippen molar-refractivity contribution in [3.05, 3.63) is 47.9 Å². The van der Waals surface area contributed by atoms with Crippen molar-refractivity contribution < 1.29 is 9.21 Å². The molecule has 0 saturated heterocycles. The molecule has 4 heteroatoms. The molecule has 1 heterocycles. The third-order valence-corrected chi connectivity index (χ3v) is 3.65. The molecule has 4 nitrogen and oxygen atoms in total. The lowest BCUT2D eigenvalue weighted by Gasteiger charge is -2.14. The van der Waals surface area contributed by atoms with E-state index in [-0.39, 0.29) is 17.9 Å². The van der Waals surface area contributed by atoms with E-state index in [1.54, 1.807) is 0 Å². The van der Waals surface area contributed by atoms with Crippen molar-refractivity contribution in [1.29, 1.82) is 0 Å². The highest BCUT2D eigenvalue weighted by Crippen LogP contribution is 2.30. The summed E-state index contributed by atoms with van der Waals surface area (Å²) in [4.78, 5) is 11.8. The van der Waals surface area contributed by atoms with E-state index in [0.717, 1.165) is 35.7 Å². The maximum atomic E-state index is 11.8. The molecule has 2 aromatic rings. The molecule has 1 fully saturated rings. The molecule has 1 atom stereocenters. The highest BCUT2D eigenvalue weighted by molar-refractivity contribution is 5.94. The normalized spacial score (nSPS) is 15.5. The summed E-state index contributed by atoms with van der Waals surface area (Å²) in [5.74, 6) is 2.15. The van der Waals surface area contributed by atoms with Crippen LogP contribution in [-0.2, 0) is 4.79 Å². The van der Waals surface area contributed by atoms with Crippen molar-refractivity contribution in [3.8, 4) is 0 Å². The van der Waals surface area contributed by atoms with Gasteiger partial charge in [-0.3, -0.25) is 4.79 Å². The number of aryl methyl sites for hydroxylation is 1. The van der Waals surface area contributed by atoms with Gasteiger partial charge >= 0.3 is 0 Å². The molecule has 1 amide bonds. The highest BCUT2D eigenvalue weighted by atomic mass is 16.3. The molecular weight excluding hydrogens is 264 g/mol. The van der Waals surface area contributed by atoms with E-state index < -0.39 is 0 Å². The number of nitrogens with one attached hydrogen (secondary N) is 2. The number of anilines is 2. The van der Waals surface area contributed by atoms with Gasteiger partial charge in [-0.05, 0) is 57.0 Å². The van der Waals surface area contributed by atoms with Gasteiger partial charge in [0.25, 0.3) is 0 Å². The summed E-state index contributed by atoms with van der Waals surface area (Å²) in [7, 11) is 0. The Morgan fingerprint density at radius 2 is 2.00 bits per heavy atom. The average molecular weight is 284 g/mol. The molecule has 0 bridgehead atoms. The monoisotopic (exact) mass is 284 g/mol. The Hall–Kier alpha value is -2.23. The zero-order chi connectivity index (χ0) is 14.8. The first kappa shape index (κ1) is 13.7. The summed E-state index contributed by atoms with van der Waals surface area (Å²) in [6, 6.07) is 11.8. The van der Waals surface area contributed by atoms with Crippen LogP contribution in [0.25, 0.3) is 0 Å². The van der Waals surface area contributed by atoms with Gasteiger partial charge in [0, 0.05) is 17.3 Å². The maximum Gasteiger partial charge on any atom is 0.227 e. The summed E-state index contributed by atoms with van der Waals surface area (Å²) in [6.45, 7) is 3.98. The minimum atomic E-state index is 0.0769. The predicted octanol–water partition coefficient (Wildman–Crippen LogP) is 4.11. The zero-order valence-electron chi connectivity index (χ0n) is 12.3. The van der Waals surface area contributed by atoms with Crippen LogP contribution in [0.1, 0.15) is 37.3 Å². The minimum Gasteiger partial charge on any atom is -0.464 e. The van der Waals surface area contributed by atoms with Crippen molar-refractivity contribution >= 4 is 17.3 Å². The van der Waals surface area contributed by atoms with Crippen LogP contribution in [0.5, 0.6) is 0 Å². The smallest absolute Gasteiger partial charge is 0.227 e. The van der Waals surface area contributed by atoms with Crippen LogP contribution in [0.2, 0.25) is 0 Å². The summed E-state index contributed by atoms with van der Waals surface area (Å²) >= 11 is 0. The lowest BCUT2D eigenvalue weighted by atomic mass is 10.2.